The van der Waals surface area contributed by atoms with Crippen LogP contribution in [0.4, 0.5) is 14.5 Å². The van der Waals surface area contributed by atoms with Gasteiger partial charge in [0.25, 0.3) is 0 Å². The third-order valence-electron chi connectivity index (χ3n) is 5.20. The molecule has 0 unspecified atom stereocenters. The van der Waals surface area contributed by atoms with Crippen LogP contribution in [0, 0.1) is 5.92 Å². The van der Waals surface area contributed by atoms with E-state index in [4.69, 9.17) is 9.26 Å². The lowest BCUT2D eigenvalue weighted by Crippen LogP contribution is -2.35. The van der Waals surface area contributed by atoms with Crippen molar-refractivity contribution >= 4 is 5.69 Å². The molecular weight excluding hydrogens is 344 g/mol. The monoisotopic (exact) mass is 365 g/mol. The van der Waals surface area contributed by atoms with Crippen LogP contribution in [0.5, 0.6) is 5.75 Å². The van der Waals surface area contributed by atoms with Gasteiger partial charge in [-0.2, -0.15) is 0 Å². The quantitative estimate of drug-likeness (QED) is 0.833. The summed E-state index contributed by atoms with van der Waals surface area (Å²) in [6.45, 7) is 2.01. The lowest BCUT2D eigenvalue weighted by molar-refractivity contribution is -0.0475. The summed E-state index contributed by atoms with van der Waals surface area (Å²) in [7, 11) is 0. The van der Waals surface area contributed by atoms with Gasteiger partial charge in [-0.3, -0.25) is 9.09 Å². The molecule has 1 saturated carbocycles. The second-order valence-electron chi connectivity index (χ2n) is 7.01. The molecule has 26 heavy (non-hydrogen) atoms. The summed E-state index contributed by atoms with van der Waals surface area (Å²) in [4.78, 5) is 14.2. The lowest BCUT2D eigenvalue weighted by atomic mass is 9.87. The fraction of sp³-hybridized carbons (Fsp3) is 0.556. The number of hydrogen-bond donors (Lipinski definition) is 0. The highest BCUT2D eigenvalue weighted by Gasteiger charge is 2.35. The van der Waals surface area contributed by atoms with Crippen molar-refractivity contribution in [2.24, 2.45) is 5.92 Å². The summed E-state index contributed by atoms with van der Waals surface area (Å²) < 4.78 is 38.7. The van der Waals surface area contributed by atoms with Crippen LogP contribution in [0.3, 0.4) is 0 Å². The van der Waals surface area contributed by atoms with Gasteiger partial charge in [0, 0.05) is 19.4 Å². The van der Waals surface area contributed by atoms with Crippen LogP contribution in [0.2, 0.25) is 0 Å². The van der Waals surface area contributed by atoms with Gasteiger partial charge < -0.3 is 9.64 Å². The Kier molecular flexibility index (Phi) is 4.42. The zero-order valence-electron chi connectivity index (χ0n) is 14.4. The van der Waals surface area contributed by atoms with Gasteiger partial charge in [0.05, 0.1) is 18.8 Å². The maximum absolute atomic E-state index is 13.3. The molecule has 1 aromatic heterocycles. The van der Waals surface area contributed by atoms with E-state index in [1.54, 1.807) is 0 Å². The number of halogens is 2. The van der Waals surface area contributed by atoms with Crippen molar-refractivity contribution in [1.29, 1.82) is 0 Å². The van der Waals surface area contributed by atoms with Gasteiger partial charge in [-0.25, -0.2) is 13.6 Å². The van der Waals surface area contributed by atoms with Crippen LogP contribution in [0.25, 0.3) is 0 Å². The predicted octanol–water partition coefficient (Wildman–Crippen LogP) is 3.06. The Balaban J connectivity index is 1.50. The topological polar surface area (TPSA) is 60.5 Å². The van der Waals surface area contributed by atoms with Gasteiger partial charge in [-0.15, -0.1) is 0 Å². The molecule has 0 amide bonds. The third-order valence-corrected chi connectivity index (χ3v) is 5.20. The largest absolute Gasteiger partial charge is 0.490 e. The van der Waals surface area contributed by atoms with Crippen LogP contribution in [-0.2, 0) is 13.1 Å². The normalized spacial score (nSPS) is 19.8. The molecule has 2 aromatic rings. The van der Waals surface area contributed by atoms with E-state index in [2.05, 4.69) is 10.1 Å². The average molecular weight is 365 g/mol. The molecule has 1 aliphatic heterocycles. The Morgan fingerprint density at radius 1 is 1.23 bits per heavy atom. The molecule has 0 atom stereocenters. The molecule has 1 fully saturated rings. The number of benzene rings is 1. The molecule has 0 N–H and O–H groups in total. The Morgan fingerprint density at radius 2 is 2.00 bits per heavy atom. The molecule has 8 heteroatoms. The van der Waals surface area contributed by atoms with Crippen molar-refractivity contribution in [1.82, 2.24) is 9.72 Å². The number of fused-ring (bicyclic) bond motifs is 1. The first-order chi connectivity index (χ1) is 12.5. The molecule has 4 rings (SSSR count). The fourth-order valence-corrected chi connectivity index (χ4v) is 3.69. The molecule has 2 heterocycles. The number of nitrogens with zero attached hydrogens (tertiary/aromatic N) is 3. The molecule has 0 bridgehead atoms. The Labute approximate surface area is 149 Å². The van der Waals surface area contributed by atoms with Crippen molar-refractivity contribution in [3.05, 3.63) is 40.6 Å². The maximum Gasteiger partial charge on any atom is 0.441 e. The third kappa shape index (κ3) is 3.45. The lowest BCUT2D eigenvalue weighted by Gasteiger charge is -2.31. The van der Waals surface area contributed by atoms with Gasteiger partial charge >= 0.3 is 5.76 Å². The van der Waals surface area contributed by atoms with Crippen molar-refractivity contribution < 1.29 is 18.0 Å². The van der Waals surface area contributed by atoms with E-state index in [0.717, 1.165) is 11.4 Å². The highest BCUT2D eigenvalue weighted by atomic mass is 19.3. The van der Waals surface area contributed by atoms with Crippen molar-refractivity contribution in [3.63, 3.8) is 0 Å². The Morgan fingerprint density at radius 3 is 2.81 bits per heavy atom. The van der Waals surface area contributed by atoms with E-state index in [-0.39, 0.29) is 18.8 Å². The zero-order chi connectivity index (χ0) is 18.1. The standard InChI is InChI=1S/C18H21F2N3O3/c19-18(20)7-5-13(6-8-18)11-23-16(21-26-17(23)24)12-22-9-10-25-15-4-2-1-3-14(15)22/h1-4,13H,5-12H2. The van der Waals surface area contributed by atoms with Crippen molar-refractivity contribution in [2.45, 2.75) is 44.7 Å². The van der Waals surface area contributed by atoms with Crippen molar-refractivity contribution in [3.8, 4) is 5.75 Å². The van der Waals surface area contributed by atoms with Gasteiger partial charge in [0.15, 0.2) is 5.82 Å². The van der Waals surface area contributed by atoms with E-state index in [1.807, 2.05) is 24.3 Å². The van der Waals surface area contributed by atoms with E-state index < -0.39 is 11.7 Å². The molecule has 6 nitrogen and oxygen atoms in total. The summed E-state index contributed by atoms with van der Waals surface area (Å²) in [5, 5.41) is 3.92. The number of rotatable bonds is 4. The fourth-order valence-electron chi connectivity index (χ4n) is 3.69. The molecule has 0 radical (unpaired) electrons. The first kappa shape index (κ1) is 17.1. The minimum absolute atomic E-state index is 0.0439. The first-order valence-corrected chi connectivity index (χ1v) is 8.92. The van der Waals surface area contributed by atoms with Crippen LogP contribution in [-0.4, -0.2) is 28.8 Å². The molecular formula is C18H21F2N3O3. The summed E-state index contributed by atoms with van der Waals surface area (Å²) in [6, 6.07) is 7.70. The predicted molar refractivity (Wildman–Crippen MR) is 90.7 cm³/mol. The van der Waals surface area contributed by atoms with Crippen LogP contribution >= 0.6 is 0 Å². The number of anilines is 1. The van der Waals surface area contributed by atoms with Gasteiger partial charge in [0.1, 0.15) is 12.4 Å². The Bertz CT molecular complexity index is 823. The molecule has 1 aromatic carbocycles. The van der Waals surface area contributed by atoms with E-state index in [1.165, 1.54) is 4.57 Å². The first-order valence-electron chi connectivity index (χ1n) is 8.92. The number of ether oxygens (including phenoxy) is 1. The molecule has 0 saturated heterocycles. The van der Waals surface area contributed by atoms with Gasteiger partial charge in [-0.1, -0.05) is 17.3 Å². The second kappa shape index (κ2) is 6.74. The summed E-state index contributed by atoms with van der Waals surface area (Å²) in [5.74, 6) is -1.74. The SMILES string of the molecule is O=c1onc(CN2CCOc3ccccc32)n1CC1CCC(F)(F)CC1. The van der Waals surface area contributed by atoms with Crippen molar-refractivity contribution in [2.75, 3.05) is 18.1 Å². The molecule has 2 aliphatic rings. The minimum atomic E-state index is -2.57. The zero-order valence-corrected chi connectivity index (χ0v) is 14.4. The highest BCUT2D eigenvalue weighted by Crippen LogP contribution is 2.37. The average Bonchev–Trinajstić information content (AvgIpc) is 2.97. The minimum Gasteiger partial charge on any atom is -0.490 e. The number of hydrogen-bond acceptors (Lipinski definition) is 5. The molecule has 1 aliphatic carbocycles. The molecule has 0 spiro atoms. The number of aromatic nitrogens is 2. The van der Waals surface area contributed by atoms with E-state index >= 15 is 0 Å². The Hall–Kier alpha value is -2.38. The summed E-state index contributed by atoms with van der Waals surface area (Å²) >= 11 is 0. The number of para-hydroxylation sites is 2. The van der Waals surface area contributed by atoms with Crippen LogP contribution < -0.4 is 15.4 Å². The van der Waals surface area contributed by atoms with E-state index in [0.29, 0.717) is 44.9 Å². The molecule has 140 valence electrons. The summed E-state index contributed by atoms with van der Waals surface area (Å²) in [5.41, 5.74) is 0.943. The second-order valence-corrected chi connectivity index (χ2v) is 7.01. The van der Waals surface area contributed by atoms with Crippen LogP contribution in [0.1, 0.15) is 31.5 Å². The van der Waals surface area contributed by atoms with E-state index in [9.17, 15) is 13.6 Å². The van der Waals surface area contributed by atoms with Gasteiger partial charge in [0.2, 0.25) is 5.92 Å². The van der Waals surface area contributed by atoms with Gasteiger partial charge in [-0.05, 0) is 30.9 Å². The van der Waals surface area contributed by atoms with Crippen LogP contribution in [0.15, 0.2) is 33.6 Å². The maximum atomic E-state index is 13.3. The highest BCUT2D eigenvalue weighted by molar-refractivity contribution is 5.59. The number of alkyl halides is 2. The summed E-state index contributed by atoms with van der Waals surface area (Å²) in [6.07, 6.45) is 0.572. The smallest absolute Gasteiger partial charge is 0.441 e.